The molecular weight excluding hydrogens is 174 g/mol. The van der Waals surface area contributed by atoms with Crippen LogP contribution in [0.3, 0.4) is 0 Å². The van der Waals surface area contributed by atoms with Crippen LogP contribution in [-0.2, 0) is 6.42 Å². The summed E-state index contributed by atoms with van der Waals surface area (Å²) in [6, 6.07) is 8.37. The normalized spacial score (nSPS) is 21.4. The van der Waals surface area contributed by atoms with E-state index in [0.717, 1.165) is 25.0 Å². The van der Waals surface area contributed by atoms with E-state index in [1.54, 1.807) is 0 Å². The van der Waals surface area contributed by atoms with Gasteiger partial charge in [0.2, 0.25) is 0 Å². The molecule has 0 aliphatic carbocycles. The van der Waals surface area contributed by atoms with Gasteiger partial charge in [-0.25, -0.2) is 0 Å². The van der Waals surface area contributed by atoms with Crippen LogP contribution in [0.5, 0.6) is 5.75 Å². The lowest BCUT2D eigenvalue weighted by atomic mass is 10.0. The highest BCUT2D eigenvalue weighted by molar-refractivity contribution is 5.37. The van der Waals surface area contributed by atoms with Gasteiger partial charge in [0.15, 0.2) is 0 Å². The fourth-order valence-electron chi connectivity index (χ4n) is 1.97. The molecule has 2 nitrogen and oxygen atoms in total. The van der Waals surface area contributed by atoms with E-state index in [4.69, 9.17) is 10.5 Å². The molecular formula is C12H17NO. The second kappa shape index (κ2) is 4.01. The number of rotatable bonds is 3. The minimum absolute atomic E-state index is 0.174. The second-order valence-electron chi connectivity index (χ2n) is 3.92. The van der Waals surface area contributed by atoms with Crippen molar-refractivity contribution in [3.8, 4) is 5.75 Å². The van der Waals surface area contributed by atoms with Crippen LogP contribution in [0.4, 0.5) is 0 Å². The molecule has 0 radical (unpaired) electrons. The number of ether oxygens (including phenoxy) is 1. The molecule has 0 bridgehead atoms. The monoisotopic (exact) mass is 191 g/mol. The SMILES string of the molecule is CCC[C@@H](N)C1Cc2ccccc2O1. The summed E-state index contributed by atoms with van der Waals surface area (Å²) in [5.41, 5.74) is 7.34. The molecule has 1 aromatic rings. The quantitative estimate of drug-likeness (QED) is 0.794. The topological polar surface area (TPSA) is 35.2 Å². The Morgan fingerprint density at radius 1 is 1.50 bits per heavy atom. The van der Waals surface area contributed by atoms with E-state index < -0.39 is 0 Å². The van der Waals surface area contributed by atoms with Crippen LogP contribution in [0.2, 0.25) is 0 Å². The lowest BCUT2D eigenvalue weighted by Gasteiger charge is -2.18. The molecule has 0 aromatic heterocycles. The summed E-state index contributed by atoms with van der Waals surface area (Å²) in [4.78, 5) is 0. The maximum absolute atomic E-state index is 6.04. The summed E-state index contributed by atoms with van der Waals surface area (Å²) in [7, 11) is 0. The molecule has 1 heterocycles. The lowest BCUT2D eigenvalue weighted by Crippen LogP contribution is -2.37. The third-order valence-corrected chi connectivity index (χ3v) is 2.77. The van der Waals surface area contributed by atoms with Crippen LogP contribution in [0.15, 0.2) is 24.3 Å². The van der Waals surface area contributed by atoms with Crippen LogP contribution in [0, 0.1) is 0 Å². The van der Waals surface area contributed by atoms with E-state index in [1.807, 2.05) is 12.1 Å². The van der Waals surface area contributed by atoms with Crippen LogP contribution < -0.4 is 10.5 Å². The van der Waals surface area contributed by atoms with Crippen LogP contribution in [-0.4, -0.2) is 12.1 Å². The van der Waals surface area contributed by atoms with Crippen LogP contribution in [0.25, 0.3) is 0 Å². The zero-order valence-electron chi connectivity index (χ0n) is 8.57. The molecule has 0 amide bonds. The van der Waals surface area contributed by atoms with Gasteiger partial charge in [0.05, 0.1) is 0 Å². The number of benzene rings is 1. The van der Waals surface area contributed by atoms with Crippen LogP contribution >= 0.6 is 0 Å². The Labute approximate surface area is 85.1 Å². The van der Waals surface area contributed by atoms with Crippen molar-refractivity contribution >= 4 is 0 Å². The molecule has 0 saturated carbocycles. The largest absolute Gasteiger partial charge is 0.488 e. The zero-order valence-corrected chi connectivity index (χ0v) is 8.57. The Hall–Kier alpha value is -1.02. The highest BCUT2D eigenvalue weighted by atomic mass is 16.5. The Balaban J connectivity index is 2.04. The molecule has 0 fully saturated rings. The standard InChI is InChI=1S/C12H17NO/c1-2-5-10(13)12-8-9-6-3-4-7-11(9)14-12/h3-4,6-7,10,12H,2,5,8,13H2,1H3/t10-,12?/m1/s1. The third-order valence-electron chi connectivity index (χ3n) is 2.77. The van der Waals surface area contributed by atoms with Gasteiger partial charge in [-0.1, -0.05) is 31.5 Å². The first-order valence-corrected chi connectivity index (χ1v) is 5.31. The molecule has 2 rings (SSSR count). The first-order valence-electron chi connectivity index (χ1n) is 5.31. The van der Waals surface area contributed by atoms with Gasteiger partial charge in [-0.2, -0.15) is 0 Å². The number of nitrogens with two attached hydrogens (primary N) is 1. The van der Waals surface area contributed by atoms with Crippen molar-refractivity contribution < 1.29 is 4.74 Å². The Morgan fingerprint density at radius 3 is 3.00 bits per heavy atom. The summed E-state index contributed by atoms with van der Waals surface area (Å²) in [6.07, 6.45) is 3.32. The minimum Gasteiger partial charge on any atom is -0.488 e. The lowest BCUT2D eigenvalue weighted by molar-refractivity contribution is 0.193. The van der Waals surface area contributed by atoms with Crippen molar-refractivity contribution in [1.29, 1.82) is 0 Å². The molecule has 0 spiro atoms. The highest BCUT2D eigenvalue weighted by Crippen LogP contribution is 2.29. The molecule has 2 heteroatoms. The number of para-hydroxylation sites is 1. The fourth-order valence-corrected chi connectivity index (χ4v) is 1.97. The molecule has 76 valence electrons. The number of hydrogen-bond donors (Lipinski definition) is 1. The molecule has 1 aliphatic rings. The summed E-state index contributed by atoms with van der Waals surface area (Å²) in [6.45, 7) is 2.15. The Bertz CT molecular complexity index is 286. The van der Waals surface area contributed by atoms with Gasteiger partial charge >= 0.3 is 0 Å². The summed E-state index contributed by atoms with van der Waals surface area (Å²) >= 11 is 0. The van der Waals surface area contributed by atoms with Crippen molar-refractivity contribution in [3.63, 3.8) is 0 Å². The summed E-state index contributed by atoms with van der Waals surface area (Å²) in [5, 5.41) is 0. The molecule has 0 saturated heterocycles. The van der Waals surface area contributed by atoms with Gasteiger partial charge in [-0.05, 0) is 18.1 Å². The highest BCUT2D eigenvalue weighted by Gasteiger charge is 2.26. The smallest absolute Gasteiger partial charge is 0.123 e. The third kappa shape index (κ3) is 1.75. The molecule has 1 aromatic carbocycles. The second-order valence-corrected chi connectivity index (χ2v) is 3.92. The summed E-state index contributed by atoms with van der Waals surface area (Å²) < 4.78 is 5.80. The maximum Gasteiger partial charge on any atom is 0.123 e. The van der Waals surface area contributed by atoms with Gasteiger partial charge < -0.3 is 10.5 Å². The van der Waals surface area contributed by atoms with E-state index in [2.05, 4.69) is 19.1 Å². The van der Waals surface area contributed by atoms with Crippen molar-refractivity contribution in [3.05, 3.63) is 29.8 Å². The van der Waals surface area contributed by atoms with Gasteiger partial charge in [-0.15, -0.1) is 0 Å². The van der Waals surface area contributed by atoms with E-state index in [9.17, 15) is 0 Å². The van der Waals surface area contributed by atoms with Crippen molar-refractivity contribution in [1.82, 2.24) is 0 Å². The van der Waals surface area contributed by atoms with Gasteiger partial charge in [0, 0.05) is 12.5 Å². The van der Waals surface area contributed by atoms with Gasteiger partial charge in [0.25, 0.3) is 0 Å². The zero-order chi connectivity index (χ0) is 9.97. The van der Waals surface area contributed by atoms with E-state index in [-0.39, 0.29) is 12.1 Å². The first-order chi connectivity index (χ1) is 6.81. The summed E-state index contributed by atoms with van der Waals surface area (Å²) in [5.74, 6) is 1.02. The predicted molar refractivity (Wildman–Crippen MR) is 57.4 cm³/mol. The number of hydrogen-bond acceptors (Lipinski definition) is 2. The molecule has 14 heavy (non-hydrogen) atoms. The average Bonchev–Trinajstić information content (AvgIpc) is 2.61. The minimum atomic E-state index is 0.174. The molecule has 2 N–H and O–H groups in total. The molecule has 2 atom stereocenters. The van der Waals surface area contributed by atoms with E-state index in [1.165, 1.54) is 5.56 Å². The van der Waals surface area contributed by atoms with Gasteiger partial charge in [-0.3, -0.25) is 0 Å². The van der Waals surface area contributed by atoms with Crippen molar-refractivity contribution in [2.75, 3.05) is 0 Å². The predicted octanol–water partition coefficient (Wildman–Crippen LogP) is 2.12. The van der Waals surface area contributed by atoms with E-state index >= 15 is 0 Å². The number of fused-ring (bicyclic) bond motifs is 1. The van der Waals surface area contributed by atoms with Crippen LogP contribution in [0.1, 0.15) is 25.3 Å². The van der Waals surface area contributed by atoms with E-state index in [0.29, 0.717) is 0 Å². The Kier molecular flexibility index (Phi) is 2.73. The average molecular weight is 191 g/mol. The molecule has 1 unspecified atom stereocenters. The Morgan fingerprint density at radius 2 is 2.29 bits per heavy atom. The van der Waals surface area contributed by atoms with Gasteiger partial charge in [0.1, 0.15) is 11.9 Å². The maximum atomic E-state index is 6.04. The van der Waals surface area contributed by atoms with Crippen molar-refractivity contribution in [2.45, 2.75) is 38.3 Å². The molecule has 1 aliphatic heterocycles. The first kappa shape index (κ1) is 9.53. The fraction of sp³-hybridized carbons (Fsp3) is 0.500. The van der Waals surface area contributed by atoms with Crippen molar-refractivity contribution in [2.24, 2.45) is 5.73 Å².